The lowest BCUT2D eigenvalue weighted by molar-refractivity contribution is 0.0733. The maximum absolute atomic E-state index is 13.5. The molecule has 1 aromatic heterocycles. The largest absolute Gasteiger partial charge is 0.487 e. The quantitative estimate of drug-likeness (QED) is 0.598. The number of hydrogen-bond acceptors (Lipinski definition) is 7. The highest BCUT2D eigenvalue weighted by Gasteiger charge is 2.38. The number of rotatable bonds is 6. The van der Waals surface area contributed by atoms with Crippen LogP contribution in [0.5, 0.6) is 5.75 Å². The van der Waals surface area contributed by atoms with Crippen LogP contribution in [0, 0.1) is 17.8 Å². The summed E-state index contributed by atoms with van der Waals surface area (Å²) in [5, 5.41) is 19.3. The topological polar surface area (TPSA) is 103 Å². The van der Waals surface area contributed by atoms with E-state index >= 15 is 0 Å². The number of aromatic nitrogens is 1. The first kappa shape index (κ1) is 26.1. The Kier molecular flexibility index (Phi) is 8.68. The van der Waals surface area contributed by atoms with Crippen molar-refractivity contribution in [2.45, 2.75) is 50.5 Å². The molecule has 0 bridgehead atoms. The summed E-state index contributed by atoms with van der Waals surface area (Å²) in [5.41, 5.74) is 1.62. The minimum absolute atomic E-state index is 0.0437. The number of nitrogens with zero attached hydrogens (tertiary/aromatic N) is 3. The van der Waals surface area contributed by atoms with E-state index in [9.17, 15) is 18.6 Å². The fraction of sp³-hybridized carbons (Fsp3) is 0.480. The smallest absolute Gasteiger partial charge is 0.247 e. The number of aliphatic hydroxyl groups is 2. The average molecular weight is 488 g/mol. The Labute approximate surface area is 202 Å². The number of pyridine rings is 1. The lowest BCUT2D eigenvalue weighted by atomic mass is 10.0. The Bertz CT molecular complexity index is 1130. The number of likely N-dealkylation sites (N-methyl/N-ethyl adjacent to an activating group) is 1. The Morgan fingerprint density at radius 3 is 2.74 bits per heavy atom. The number of hydrogen-bond donors (Lipinski definition) is 2. The molecule has 0 spiro atoms. The van der Waals surface area contributed by atoms with Crippen LogP contribution >= 0.6 is 0 Å². The van der Waals surface area contributed by atoms with Gasteiger partial charge in [-0.2, -0.15) is 4.31 Å². The molecule has 0 aliphatic carbocycles. The Morgan fingerprint density at radius 1 is 1.32 bits per heavy atom. The highest BCUT2D eigenvalue weighted by atomic mass is 32.2. The van der Waals surface area contributed by atoms with Gasteiger partial charge >= 0.3 is 0 Å². The van der Waals surface area contributed by atoms with E-state index in [1.165, 1.54) is 10.4 Å². The summed E-state index contributed by atoms with van der Waals surface area (Å²) in [5.74, 6) is 5.60. The molecule has 9 heteroatoms. The van der Waals surface area contributed by atoms with Gasteiger partial charge in [0.25, 0.3) is 0 Å². The predicted octanol–water partition coefficient (Wildman–Crippen LogP) is 1.71. The van der Waals surface area contributed by atoms with Crippen molar-refractivity contribution in [1.29, 1.82) is 0 Å². The van der Waals surface area contributed by atoms with Gasteiger partial charge in [0.15, 0.2) is 0 Å². The molecule has 2 N–H and O–H groups in total. The van der Waals surface area contributed by atoms with Gasteiger partial charge in [-0.15, -0.1) is 0 Å². The van der Waals surface area contributed by atoms with E-state index < -0.39 is 22.2 Å². The molecule has 0 radical (unpaired) electrons. The van der Waals surface area contributed by atoms with E-state index in [2.05, 4.69) is 21.7 Å². The molecule has 0 fully saturated rings. The maximum atomic E-state index is 13.5. The molecule has 2 heterocycles. The lowest BCUT2D eigenvalue weighted by Gasteiger charge is -2.37. The monoisotopic (exact) mass is 487 g/mol. The van der Waals surface area contributed by atoms with E-state index in [0.717, 1.165) is 5.56 Å². The fourth-order valence-corrected chi connectivity index (χ4v) is 5.71. The molecule has 2 aromatic rings. The molecular formula is C25H33N3O5S. The first-order valence-electron chi connectivity index (χ1n) is 11.3. The van der Waals surface area contributed by atoms with Gasteiger partial charge in [-0.05, 0) is 50.7 Å². The molecule has 0 unspecified atom stereocenters. The number of aliphatic hydroxyl groups excluding tert-OH is 2. The third kappa shape index (κ3) is 6.34. The zero-order valence-corrected chi connectivity index (χ0v) is 20.9. The van der Waals surface area contributed by atoms with Crippen LogP contribution in [0.15, 0.2) is 47.6 Å². The minimum Gasteiger partial charge on any atom is -0.487 e. The van der Waals surface area contributed by atoms with Gasteiger partial charge < -0.3 is 14.9 Å². The molecule has 3 rings (SSSR count). The van der Waals surface area contributed by atoms with Crippen LogP contribution in [-0.2, 0) is 16.6 Å². The van der Waals surface area contributed by atoms with Crippen LogP contribution in [0.1, 0.15) is 31.9 Å². The molecule has 184 valence electrons. The molecule has 1 aromatic carbocycles. The van der Waals surface area contributed by atoms with E-state index in [0.29, 0.717) is 18.7 Å². The number of fused-ring (bicyclic) bond motifs is 1. The first-order valence-corrected chi connectivity index (χ1v) is 12.8. The molecule has 1 aliphatic heterocycles. The zero-order valence-electron chi connectivity index (χ0n) is 20.0. The third-order valence-electron chi connectivity index (χ3n) is 5.76. The van der Waals surface area contributed by atoms with Crippen molar-refractivity contribution >= 4 is 10.0 Å². The number of sulfonamides is 1. The van der Waals surface area contributed by atoms with Crippen LogP contribution in [0.3, 0.4) is 0 Å². The molecule has 34 heavy (non-hydrogen) atoms. The minimum atomic E-state index is -3.91. The predicted molar refractivity (Wildman–Crippen MR) is 130 cm³/mol. The van der Waals surface area contributed by atoms with Crippen molar-refractivity contribution in [3.63, 3.8) is 0 Å². The Hall–Kier alpha value is -2.48. The van der Waals surface area contributed by atoms with Gasteiger partial charge in [-0.1, -0.05) is 24.8 Å². The van der Waals surface area contributed by atoms with Crippen molar-refractivity contribution in [1.82, 2.24) is 14.2 Å². The van der Waals surface area contributed by atoms with Crippen LogP contribution < -0.4 is 4.74 Å². The summed E-state index contributed by atoms with van der Waals surface area (Å²) in [6.07, 6.45) is 2.43. The van der Waals surface area contributed by atoms with E-state index in [1.54, 1.807) is 32.2 Å². The standard InChI is InChI=1S/C25H33N3O5S/c1-18-14-28(19(2)17-29)34(31,32)25-10-9-21(8-7-20(3)30)12-23(25)33-24(18)16-27(4)15-22-6-5-11-26-13-22/h5-6,9-13,18-20,24,29-30H,14-17H2,1-4H3/t18-,19-,20+,24+/m1/s1. The molecule has 1 aliphatic rings. The average Bonchev–Trinajstić information content (AvgIpc) is 2.80. The first-order chi connectivity index (χ1) is 16.1. The SMILES string of the molecule is C[C@H](O)C#Cc1ccc2c(c1)O[C@@H](CN(C)Cc1cccnc1)[C@H](C)CN([C@H](C)CO)S2(=O)=O. The normalized spacial score (nSPS) is 21.9. The summed E-state index contributed by atoms with van der Waals surface area (Å²) in [7, 11) is -1.92. The molecular weight excluding hydrogens is 454 g/mol. The summed E-state index contributed by atoms with van der Waals surface area (Å²) in [6, 6.07) is 8.01. The third-order valence-corrected chi connectivity index (χ3v) is 7.78. The van der Waals surface area contributed by atoms with Crippen LogP contribution in [0.4, 0.5) is 0 Å². The summed E-state index contributed by atoms with van der Waals surface area (Å²) >= 11 is 0. The summed E-state index contributed by atoms with van der Waals surface area (Å²) in [6.45, 7) is 6.37. The molecule has 0 saturated heterocycles. The highest BCUT2D eigenvalue weighted by molar-refractivity contribution is 7.89. The van der Waals surface area contributed by atoms with Gasteiger partial charge in [0, 0.05) is 49.6 Å². The van der Waals surface area contributed by atoms with Crippen LogP contribution in [-0.4, -0.2) is 77.8 Å². The van der Waals surface area contributed by atoms with Gasteiger partial charge in [0.1, 0.15) is 22.9 Å². The van der Waals surface area contributed by atoms with E-state index in [4.69, 9.17) is 4.74 Å². The maximum Gasteiger partial charge on any atom is 0.247 e. The Morgan fingerprint density at radius 2 is 2.09 bits per heavy atom. The molecule has 4 atom stereocenters. The van der Waals surface area contributed by atoms with Gasteiger partial charge in [-0.3, -0.25) is 9.88 Å². The van der Waals surface area contributed by atoms with Gasteiger partial charge in [0.2, 0.25) is 10.0 Å². The molecule has 8 nitrogen and oxygen atoms in total. The van der Waals surface area contributed by atoms with Crippen LogP contribution in [0.2, 0.25) is 0 Å². The number of benzene rings is 1. The summed E-state index contributed by atoms with van der Waals surface area (Å²) < 4.78 is 34.7. The van der Waals surface area contributed by atoms with Crippen molar-refractivity contribution in [2.75, 3.05) is 26.7 Å². The van der Waals surface area contributed by atoms with Gasteiger partial charge in [0.05, 0.1) is 6.61 Å². The second-order valence-corrected chi connectivity index (χ2v) is 10.8. The highest BCUT2D eigenvalue weighted by Crippen LogP contribution is 2.34. The van der Waals surface area contributed by atoms with E-state index in [1.807, 2.05) is 32.3 Å². The van der Waals surface area contributed by atoms with Gasteiger partial charge in [-0.25, -0.2) is 8.42 Å². The second-order valence-electron chi connectivity index (χ2n) is 8.90. The molecule has 0 saturated carbocycles. The van der Waals surface area contributed by atoms with Crippen molar-refractivity contribution in [2.24, 2.45) is 5.92 Å². The zero-order chi connectivity index (χ0) is 24.9. The lowest BCUT2D eigenvalue weighted by Crippen LogP contribution is -2.49. The fourth-order valence-electron chi connectivity index (χ4n) is 3.88. The van der Waals surface area contributed by atoms with Crippen molar-refractivity contribution < 1.29 is 23.4 Å². The van der Waals surface area contributed by atoms with Crippen LogP contribution in [0.25, 0.3) is 0 Å². The molecule has 0 amide bonds. The van der Waals surface area contributed by atoms with Crippen molar-refractivity contribution in [3.8, 4) is 17.6 Å². The summed E-state index contributed by atoms with van der Waals surface area (Å²) in [4.78, 5) is 6.32. The second kappa shape index (κ2) is 11.3. The Balaban J connectivity index is 1.99. The van der Waals surface area contributed by atoms with Crippen molar-refractivity contribution in [3.05, 3.63) is 53.9 Å². The van der Waals surface area contributed by atoms with E-state index in [-0.39, 0.29) is 35.8 Å². The number of ether oxygens (including phenoxy) is 1.